The molecule has 12 heteroatoms. The maximum absolute atomic E-state index is 12.9. The summed E-state index contributed by atoms with van der Waals surface area (Å²) in [5.41, 5.74) is -0.256. The highest BCUT2D eigenvalue weighted by atomic mass is 32.2. The molecule has 34 heavy (non-hydrogen) atoms. The van der Waals surface area contributed by atoms with Crippen molar-refractivity contribution in [3.05, 3.63) is 60.0 Å². The number of carbonyl (C=O) groups is 1. The lowest BCUT2D eigenvalue weighted by atomic mass is 9.97. The summed E-state index contributed by atoms with van der Waals surface area (Å²) in [4.78, 5) is 18.6. The van der Waals surface area contributed by atoms with Gasteiger partial charge in [0.05, 0.1) is 10.5 Å². The number of nitrogens with one attached hydrogen (secondary N) is 1. The minimum absolute atomic E-state index is 0.0693. The number of halogens is 3. The van der Waals surface area contributed by atoms with Crippen molar-refractivity contribution in [1.29, 1.82) is 0 Å². The van der Waals surface area contributed by atoms with Gasteiger partial charge in [0.2, 0.25) is 11.7 Å². The van der Waals surface area contributed by atoms with Crippen LogP contribution >= 0.6 is 0 Å². The number of rotatable bonds is 4. The number of aromatic nitrogens is 2. The van der Waals surface area contributed by atoms with Crippen molar-refractivity contribution in [2.75, 3.05) is 24.7 Å². The van der Waals surface area contributed by atoms with Gasteiger partial charge in [-0.05, 0) is 43.2 Å². The molecule has 0 aliphatic carbocycles. The Labute approximate surface area is 193 Å². The number of carbonyl (C=O) groups excluding carboxylic acids is 1. The van der Waals surface area contributed by atoms with Crippen molar-refractivity contribution in [3.63, 3.8) is 0 Å². The fraction of sp³-hybridized carbons (Fsp3) is 0.318. The smallest absolute Gasteiger partial charge is 0.339 e. The summed E-state index contributed by atoms with van der Waals surface area (Å²) in [5.74, 6) is 0.555. The molecule has 180 valence electrons. The van der Waals surface area contributed by atoms with E-state index in [1.54, 1.807) is 12.1 Å². The molecule has 4 rings (SSSR count). The van der Waals surface area contributed by atoms with E-state index < -0.39 is 27.6 Å². The van der Waals surface area contributed by atoms with E-state index in [0.29, 0.717) is 37.4 Å². The molecule has 1 aliphatic rings. The average molecular weight is 494 g/mol. The second-order valence-corrected chi connectivity index (χ2v) is 10.0. The zero-order chi connectivity index (χ0) is 24.5. The SMILES string of the molecule is CS(=O)(=O)c1cccc(-c2noc(C3CCN(C(=O)Nc4cccc(C(F)(F)F)c4)CC3)n2)c1. The molecule has 0 radical (unpaired) electrons. The van der Waals surface area contributed by atoms with Crippen LogP contribution in [0.3, 0.4) is 0 Å². The van der Waals surface area contributed by atoms with Crippen molar-refractivity contribution in [3.8, 4) is 11.4 Å². The van der Waals surface area contributed by atoms with Crippen LogP contribution in [0.25, 0.3) is 11.4 Å². The number of urea groups is 1. The Hall–Kier alpha value is -3.41. The van der Waals surface area contributed by atoms with Gasteiger partial charge in [-0.1, -0.05) is 23.4 Å². The van der Waals surface area contributed by atoms with Crippen LogP contribution in [-0.2, 0) is 16.0 Å². The van der Waals surface area contributed by atoms with Crippen molar-refractivity contribution in [2.45, 2.75) is 29.8 Å². The number of amides is 2. The summed E-state index contributed by atoms with van der Waals surface area (Å²) in [6.45, 7) is 0.716. The number of sulfone groups is 1. The number of hydrogen-bond donors (Lipinski definition) is 1. The first-order chi connectivity index (χ1) is 16.0. The van der Waals surface area contributed by atoms with Gasteiger partial charge in [0.25, 0.3) is 0 Å². The van der Waals surface area contributed by atoms with Crippen LogP contribution in [0.2, 0.25) is 0 Å². The maximum atomic E-state index is 12.9. The number of likely N-dealkylation sites (tertiary alicyclic amines) is 1. The number of hydrogen-bond acceptors (Lipinski definition) is 6. The summed E-state index contributed by atoms with van der Waals surface area (Å²) in [5, 5.41) is 6.47. The molecule has 2 aromatic carbocycles. The number of piperidine rings is 1. The van der Waals surface area contributed by atoms with E-state index >= 15 is 0 Å². The van der Waals surface area contributed by atoms with Crippen molar-refractivity contribution in [2.24, 2.45) is 0 Å². The zero-order valence-corrected chi connectivity index (χ0v) is 18.9. The predicted octanol–water partition coefficient (Wildman–Crippen LogP) is 4.57. The van der Waals surface area contributed by atoms with Crippen LogP contribution in [0.15, 0.2) is 57.9 Å². The lowest BCUT2D eigenvalue weighted by molar-refractivity contribution is -0.137. The second-order valence-electron chi connectivity index (χ2n) is 8.03. The Morgan fingerprint density at radius 2 is 1.82 bits per heavy atom. The minimum Gasteiger partial charge on any atom is -0.339 e. The van der Waals surface area contributed by atoms with Gasteiger partial charge < -0.3 is 14.7 Å². The van der Waals surface area contributed by atoms with Crippen molar-refractivity contribution < 1.29 is 30.9 Å². The highest BCUT2D eigenvalue weighted by Crippen LogP contribution is 2.32. The number of benzene rings is 2. The van der Waals surface area contributed by atoms with Gasteiger partial charge in [-0.25, -0.2) is 13.2 Å². The molecule has 0 atom stereocenters. The first kappa shape index (κ1) is 23.7. The minimum atomic E-state index is -4.49. The summed E-state index contributed by atoms with van der Waals surface area (Å²) >= 11 is 0. The molecule has 1 N–H and O–H groups in total. The quantitative estimate of drug-likeness (QED) is 0.570. The molecule has 1 aromatic heterocycles. The molecule has 2 heterocycles. The highest BCUT2D eigenvalue weighted by Gasteiger charge is 2.31. The van der Waals surface area contributed by atoms with Gasteiger partial charge in [-0.3, -0.25) is 0 Å². The third-order valence-electron chi connectivity index (χ3n) is 5.53. The molecule has 3 aromatic rings. The first-order valence-electron chi connectivity index (χ1n) is 10.4. The molecule has 8 nitrogen and oxygen atoms in total. The summed E-state index contributed by atoms with van der Waals surface area (Å²) in [6, 6.07) is 10.2. The van der Waals surface area contributed by atoms with E-state index in [1.807, 2.05) is 0 Å². The predicted molar refractivity (Wildman–Crippen MR) is 117 cm³/mol. The van der Waals surface area contributed by atoms with Gasteiger partial charge in [-0.15, -0.1) is 0 Å². The molecule has 0 unspecified atom stereocenters. The standard InChI is InChI=1S/C22H21F3N4O4S/c1-34(31,32)18-7-2-4-15(12-18)19-27-20(33-28-19)14-8-10-29(11-9-14)21(30)26-17-6-3-5-16(13-17)22(23,24)25/h2-7,12-14H,8-11H2,1H3,(H,26,30). The number of alkyl halides is 3. The van der Waals surface area contributed by atoms with Crippen molar-refractivity contribution in [1.82, 2.24) is 15.0 Å². The van der Waals surface area contributed by atoms with E-state index in [4.69, 9.17) is 4.52 Å². The third kappa shape index (κ3) is 5.38. The van der Waals surface area contributed by atoms with Crippen LogP contribution in [-0.4, -0.2) is 48.8 Å². The summed E-state index contributed by atoms with van der Waals surface area (Å²) in [7, 11) is -3.38. The Kier molecular flexibility index (Phi) is 6.34. The van der Waals surface area contributed by atoms with Crippen LogP contribution in [0.1, 0.15) is 30.2 Å². The van der Waals surface area contributed by atoms with E-state index in [9.17, 15) is 26.4 Å². The molecular weight excluding hydrogens is 473 g/mol. The van der Waals surface area contributed by atoms with Crippen LogP contribution < -0.4 is 5.32 Å². The average Bonchev–Trinajstić information content (AvgIpc) is 3.29. The molecule has 0 bridgehead atoms. The van der Waals surface area contributed by atoms with E-state index in [2.05, 4.69) is 15.5 Å². The number of anilines is 1. The molecule has 0 saturated carbocycles. The zero-order valence-electron chi connectivity index (χ0n) is 18.0. The highest BCUT2D eigenvalue weighted by molar-refractivity contribution is 7.90. The largest absolute Gasteiger partial charge is 0.416 e. The van der Waals surface area contributed by atoms with Crippen LogP contribution in [0.4, 0.5) is 23.7 Å². The second kappa shape index (κ2) is 9.09. The Morgan fingerprint density at radius 1 is 1.12 bits per heavy atom. The van der Waals surface area contributed by atoms with Crippen LogP contribution in [0, 0.1) is 0 Å². The molecule has 1 saturated heterocycles. The Bertz CT molecular complexity index is 1300. The fourth-order valence-corrected chi connectivity index (χ4v) is 4.36. The van der Waals surface area contributed by atoms with E-state index in [-0.39, 0.29) is 22.3 Å². The third-order valence-corrected chi connectivity index (χ3v) is 6.64. The lowest BCUT2D eigenvalue weighted by Crippen LogP contribution is -2.40. The maximum Gasteiger partial charge on any atom is 0.416 e. The van der Waals surface area contributed by atoms with Crippen molar-refractivity contribution >= 4 is 21.6 Å². The van der Waals surface area contributed by atoms with E-state index in [0.717, 1.165) is 18.4 Å². The van der Waals surface area contributed by atoms with Gasteiger partial charge in [0, 0.05) is 36.5 Å². The van der Waals surface area contributed by atoms with Crippen LogP contribution in [0.5, 0.6) is 0 Å². The topological polar surface area (TPSA) is 105 Å². The fourth-order valence-electron chi connectivity index (χ4n) is 3.69. The lowest BCUT2D eigenvalue weighted by Gasteiger charge is -2.30. The molecular formula is C22H21F3N4O4S. The molecule has 0 spiro atoms. The van der Waals surface area contributed by atoms with E-state index in [1.165, 1.54) is 29.2 Å². The Morgan fingerprint density at radius 3 is 2.50 bits per heavy atom. The van der Waals surface area contributed by atoms with Gasteiger partial charge in [0.1, 0.15) is 0 Å². The van der Waals surface area contributed by atoms with Gasteiger partial charge in [0.15, 0.2) is 9.84 Å². The van der Waals surface area contributed by atoms with Gasteiger partial charge >= 0.3 is 12.2 Å². The normalized spacial score (nSPS) is 15.4. The summed E-state index contributed by atoms with van der Waals surface area (Å²) in [6.07, 6.45) is -2.32. The monoisotopic (exact) mass is 494 g/mol. The molecule has 1 fully saturated rings. The Balaban J connectivity index is 1.38. The van der Waals surface area contributed by atoms with Gasteiger partial charge in [-0.2, -0.15) is 18.2 Å². The first-order valence-corrected chi connectivity index (χ1v) is 12.3. The summed E-state index contributed by atoms with van der Waals surface area (Å²) < 4.78 is 67.6. The molecule has 1 aliphatic heterocycles. The molecule has 2 amide bonds. The number of nitrogens with zero attached hydrogens (tertiary/aromatic N) is 3.